The van der Waals surface area contributed by atoms with Crippen molar-refractivity contribution in [2.75, 3.05) is 19.7 Å². The van der Waals surface area contributed by atoms with Crippen LogP contribution in [-0.4, -0.2) is 31.6 Å². The Morgan fingerprint density at radius 1 is 1.50 bits per heavy atom. The van der Waals surface area contributed by atoms with Gasteiger partial charge < -0.3 is 15.4 Å². The van der Waals surface area contributed by atoms with Gasteiger partial charge in [0, 0.05) is 0 Å². The molecule has 0 bridgehead atoms. The molecule has 0 saturated carbocycles. The number of benzene rings is 1. The van der Waals surface area contributed by atoms with Gasteiger partial charge in [-0.25, -0.2) is 0 Å². The van der Waals surface area contributed by atoms with Crippen LogP contribution in [0.5, 0.6) is 5.75 Å². The Morgan fingerprint density at radius 3 is 3.06 bits per heavy atom. The normalized spacial score (nSPS) is 18.6. The van der Waals surface area contributed by atoms with Crippen molar-refractivity contribution in [3.05, 3.63) is 29.3 Å². The van der Waals surface area contributed by atoms with E-state index in [0.717, 1.165) is 19.4 Å². The highest BCUT2D eigenvalue weighted by Gasteiger charge is 2.21. The van der Waals surface area contributed by atoms with Gasteiger partial charge in [0.15, 0.2) is 0 Å². The lowest BCUT2D eigenvalue weighted by Crippen LogP contribution is -2.41. The van der Waals surface area contributed by atoms with Gasteiger partial charge in [0.1, 0.15) is 12.4 Å². The van der Waals surface area contributed by atoms with Crippen LogP contribution in [-0.2, 0) is 4.79 Å². The van der Waals surface area contributed by atoms with E-state index in [0.29, 0.717) is 23.9 Å². The van der Waals surface area contributed by atoms with E-state index in [1.807, 2.05) is 18.2 Å². The van der Waals surface area contributed by atoms with Crippen LogP contribution < -0.4 is 15.4 Å². The first kappa shape index (κ1) is 13.2. The van der Waals surface area contributed by atoms with E-state index in [1.165, 1.54) is 0 Å². The summed E-state index contributed by atoms with van der Waals surface area (Å²) < 4.78 is 5.48. The van der Waals surface area contributed by atoms with Crippen molar-refractivity contribution in [3.8, 4) is 5.75 Å². The monoisotopic (exact) mass is 268 g/mol. The van der Waals surface area contributed by atoms with Crippen molar-refractivity contribution >= 4 is 17.5 Å². The van der Waals surface area contributed by atoms with Crippen molar-refractivity contribution in [2.45, 2.75) is 18.9 Å². The Morgan fingerprint density at radius 2 is 2.33 bits per heavy atom. The summed E-state index contributed by atoms with van der Waals surface area (Å²) in [6.45, 7) is 1.83. The SMILES string of the molecule is O=C(NCCOc1ccccc1Cl)[C@@H]1CCCN1. The van der Waals surface area contributed by atoms with Gasteiger partial charge in [0.2, 0.25) is 5.91 Å². The molecule has 18 heavy (non-hydrogen) atoms. The molecule has 0 aliphatic carbocycles. The number of ether oxygens (including phenoxy) is 1. The van der Waals surface area contributed by atoms with Gasteiger partial charge in [-0.05, 0) is 31.5 Å². The zero-order valence-corrected chi connectivity index (χ0v) is 10.9. The molecule has 1 fully saturated rings. The number of para-hydroxylation sites is 1. The molecule has 5 heteroatoms. The lowest BCUT2D eigenvalue weighted by molar-refractivity contribution is -0.122. The minimum absolute atomic E-state index is 0.0367. The number of rotatable bonds is 5. The van der Waals surface area contributed by atoms with Crippen LogP contribution in [0.4, 0.5) is 0 Å². The predicted octanol–water partition coefficient (Wildman–Crippen LogP) is 1.59. The molecule has 2 N–H and O–H groups in total. The van der Waals surface area contributed by atoms with Gasteiger partial charge in [-0.3, -0.25) is 4.79 Å². The van der Waals surface area contributed by atoms with E-state index in [1.54, 1.807) is 6.07 Å². The molecule has 2 rings (SSSR count). The molecule has 1 aromatic carbocycles. The molecule has 4 nitrogen and oxygen atoms in total. The molecule has 1 saturated heterocycles. The van der Waals surface area contributed by atoms with E-state index in [9.17, 15) is 4.79 Å². The van der Waals surface area contributed by atoms with Gasteiger partial charge in [-0.2, -0.15) is 0 Å². The Balaban J connectivity index is 1.67. The van der Waals surface area contributed by atoms with Crippen LogP contribution in [0, 0.1) is 0 Å². The molecule has 0 radical (unpaired) electrons. The molecule has 98 valence electrons. The minimum atomic E-state index is -0.0367. The molecule has 0 aromatic heterocycles. The van der Waals surface area contributed by atoms with Crippen molar-refractivity contribution in [1.29, 1.82) is 0 Å². The van der Waals surface area contributed by atoms with Crippen molar-refractivity contribution in [3.63, 3.8) is 0 Å². The molecule has 0 unspecified atom stereocenters. The maximum absolute atomic E-state index is 11.7. The highest BCUT2D eigenvalue weighted by molar-refractivity contribution is 6.32. The number of halogens is 1. The molecule has 1 aromatic rings. The first-order valence-electron chi connectivity index (χ1n) is 6.16. The van der Waals surface area contributed by atoms with Crippen LogP contribution >= 0.6 is 11.6 Å². The number of carbonyl (C=O) groups excluding carboxylic acids is 1. The molecular formula is C13H17ClN2O2. The zero-order valence-electron chi connectivity index (χ0n) is 10.1. The largest absolute Gasteiger partial charge is 0.490 e. The lowest BCUT2D eigenvalue weighted by Gasteiger charge is -2.12. The summed E-state index contributed by atoms with van der Waals surface area (Å²) in [5.74, 6) is 0.697. The number of nitrogens with one attached hydrogen (secondary N) is 2. The van der Waals surface area contributed by atoms with Crippen LogP contribution in [0.3, 0.4) is 0 Å². The number of hydrogen-bond acceptors (Lipinski definition) is 3. The van der Waals surface area contributed by atoms with E-state index in [4.69, 9.17) is 16.3 Å². The average molecular weight is 269 g/mol. The van der Waals surface area contributed by atoms with Gasteiger partial charge in [0.05, 0.1) is 17.6 Å². The second-order valence-electron chi connectivity index (χ2n) is 4.22. The third-order valence-electron chi connectivity index (χ3n) is 2.87. The summed E-state index contributed by atoms with van der Waals surface area (Å²) in [7, 11) is 0. The van der Waals surface area contributed by atoms with E-state index in [-0.39, 0.29) is 11.9 Å². The Hall–Kier alpha value is -1.26. The molecule has 1 aliphatic rings. The van der Waals surface area contributed by atoms with Crippen molar-refractivity contribution < 1.29 is 9.53 Å². The van der Waals surface area contributed by atoms with Crippen LogP contribution in [0.25, 0.3) is 0 Å². The van der Waals surface area contributed by atoms with Gasteiger partial charge in [0.25, 0.3) is 0 Å². The Bertz CT molecular complexity index is 406. The fraction of sp³-hybridized carbons (Fsp3) is 0.462. The predicted molar refractivity (Wildman–Crippen MR) is 71.0 cm³/mol. The van der Waals surface area contributed by atoms with E-state index in [2.05, 4.69) is 10.6 Å². The number of carbonyl (C=O) groups is 1. The van der Waals surface area contributed by atoms with E-state index >= 15 is 0 Å². The summed E-state index contributed by atoms with van der Waals surface area (Å²) in [4.78, 5) is 11.7. The highest BCUT2D eigenvalue weighted by Crippen LogP contribution is 2.22. The van der Waals surface area contributed by atoms with Crippen LogP contribution in [0.15, 0.2) is 24.3 Å². The quantitative estimate of drug-likeness (QED) is 0.798. The second-order valence-corrected chi connectivity index (χ2v) is 4.63. The molecule has 1 aliphatic heterocycles. The van der Waals surface area contributed by atoms with Crippen molar-refractivity contribution in [2.24, 2.45) is 0 Å². The van der Waals surface area contributed by atoms with Gasteiger partial charge in [-0.15, -0.1) is 0 Å². The fourth-order valence-electron chi connectivity index (χ4n) is 1.93. The Kier molecular flexibility index (Phi) is 4.84. The Labute approximate surface area is 112 Å². The molecular weight excluding hydrogens is 252 g/mol. The van der Waals surface area contributed by atoms with Gasteiger partial charge in [-0.1, -0.05) is 23.7 Å². The third kappa shape index (κ3) is 3.62. The standard InChI is InChI=1S/C13H17ClN2O2/c14-10-4-1-2-6-12(10)18-9-8-16-13(17)11-5-3-7-15-11/h1-2,4,6,11,15H,3,5,7-9H2,(H,16,17)/t11-/m0/s1. The maximum Gasteiger partial charge on any atom is 0.237 e. The fourth-order valence-corrected chi connectivity index (χ4v) is 2.12. The summed E-state index contributed by atoms with van der Waals surface area (Å²) in [6.07, 6.45) is 1.98. The van der Waals surface area contributed by atoms with Gasteiger partial charge >= 0.3 is 0 Å². The molecule has 1 atom stereocenters. The summed E-state index contributed by atoms with van der Waals surface area (Å²) in [6, 6.07) is 7.26. The first-order valence-corrected chi connectivity index (χ1v) is 6.53. The van der Waals surface area contributed by atoms with Crippen LogP contribution in [0.2, 0.25) is 5.02 Å². The molecule has 1 heterocycles. The average Bonchev–Trinajstić information content (AvgIpc) is 2.90. The highest BCUT2D eigenvalue weighted by atomic mass is 35.5. The topological polar surface area (TPSA) is 50.4 Å². The van der Waals surface area contributed by atoms with Crippen LogP contribution in [0.1, 0.15) is 12.8 Å². The minimum Gasteiger partial charge on any atom is -0.490 e. The second kappa shape index (κ2) is 6.61. The van der Waals surface area contributed by atoms with E-state index < -0.39 is 0 Å². The first-order chi connectivity index (χ1) is 8.77. The summed E-state index contributed by atoms with van der Waals surface area (Å²) in [5.41, 5.74) is 0. The summed E-state index contributed by atoms with van der Waals surface area (Å²) >= 11 is 5.95. The molecule has 0 spiro atoms. The van der Waals surface area contributed by atoms with Crippen molar-refractivity contribution in [1.82, 2.24) is 10.6 Å². The third-order valence-corrected chi connectivity index (χ3v) is 3.18. The smallest absolute Gasteiger partial charge is 0.237 e. The maximum atomic E-state index is 11.7. The number of hydrogen-bond donors (Lipinski definition) is 2. The summed E-state index contributed by atoms with van der Waals surface area (Å²) in [5, 5.41) is 6.58. The lowest BCUT2D eigenvalue weighted by atomic mass is 10.2. The molecule has 1 amide bonds. The zero-order chi connectivity index (χ0) is 12.8. The number of amides is 1.